The molecule has 4 nitrogen and oxygen atoms in total. The van der Waals surface area contributed by atoms with Crippen molar-refractivity contribution in [2.45, 2.75) is 32.7 Å². The van der Waals surface area contributed by atoms with E-state index in [1.165, 1.54) is 12.1 Å². The van der Waals surface area contributed by atoms with E-state index in [2.05, 4.69) is 6.92 Å². The normalized spacial score (nSPS) is 28.3. The molecule has 2 aliphatic rings. The molecule has 1 aliphatic carbocycles. The van der Waals surface area contributed by atoms with E-state index >= 15 is 0 Å². The van der Waals surface area contributed by atoms with Crippen molar-refractivity contribution in [2.24, 2.45) is 23.5 Å². The highest BCUT2D eigenvalue weighted by Gasteiger charge is 2.53. The zero-order chi connectivity index (χ0) is 15.1. The Hall–Kier alpha value is -1.75. The van der Waals surface area contributed by atoms with Crippen LogP contribution in [0.5, 0.6) is 0 Å². The number of nitrogens with two attached hydrogens (primary N) is 1. The Labute approximate surface area is 123 Å². The second kappa shape index (κ2) is 5.22. The van der Waals surface area contributed by atoms with Gasteiger partial charge in [0.2, 0.25) is 11.8 Å². The van der Waals surface area contributed by atoms with Gasteiger partial charge >= 0.3 is 0 Å². The number of halogens is 1. The SMILES string of the molecule is CCC1CC2C(=O)N(c3ccc(CN)cc3F)C(=O)C2C1. The number of carbonyl (C=O) groups is 2. The summed E-state index contributed by atoms with van der Waals surface area (Å²) in [5, 5.41) is 0. The van der Waals surface area contributed by atoms with Crippen LogP contribution in [-0.2, 0) is 16.1 Å². The maximum absolute atomic E-state index is 14.2. The summed E-state index contributed by atoms with van der Waals surface area (Å²) in [6.45, 7) is 2.30. The molecule has 1 aromatic rings. The Balaban J connectivity index is 1.91. The van der Waals surface area contributed by atoms with Gasteiger partial charge in [-0.25, -0.2) is 9.29 Å². The minimum absolute atomic E-state index is 0.0599. The van der Waals surface area contributed by atoms with Crippen molar-refractivity contribution < 1.29 is 14.0 Å². The van der Waals surface area contributed by atoms with Gasteiger partial charge in [-0.05, 0) is 36.5 Å². The van der Waals surface area contributed by atoms with Gasteiger partial charge in [0.1, 0.15) is 5.82 Å². The van der Waals surface area contributed by atoms with Crippen LogP contribution in [0.25, 0.3) is 0 Å². The predicted molar refractivity (Wildman–Crippen MR) is 76.8 cm³/mol. The van der Waals surface area contributed by atoms with Gasteiger partial charge < -0.3 is 5.73 Å². The Morgan fingerprint density at radius 1 is 1.24 bits per heavy atom. The van der Waals surface area contributed by atoms with E-state index in [-0.39, 0.29) is 35.9 Å². The van der Waals surface area contributed by atoms with Gasteiger partial charge in [0.25, 0.3) is 0 Å². The lowest BCUT2D eigenvalue weighted by molar-refractivity contribution is -0.123. The standard InChI is InChI=1S/C16H19FN2O2/c1-2-9-5-11-12(6-9)16(21)19(15(11)20)14-4-3-10(8-18)7-13(14)17/h3-4,7,9,11-12H,2,5-6,8,18H2,1H3. The van der Waals surface area contributed by atoms with E-state index in [1.54, 1.807) is 6.07 Å². The number of rotatable bonds is 3. The summed E-state index contributed by atoms with van der Waals surface area (Å²) >= 11 is 0. The van der Waals surface area contributed by atoms with E-state index in [0.29, 0.717) is 11.5 Å². The van der Waals surface area contributed by atoms with Crippen LogP contribution in [0.1, 0.15) is 31.7 Å². The molecule has 3 rings (SSSR count). The van der Waals surface area contributed by atoms with Gasteiger partial charge in [-0.2, -0.15) is 0 Å². The highest BCUT2D eigenvalue weighted by molar-refractivity contribution is 6.22. The van der Waals surface area contributed by atoms with Gasteiger partial charge in [-0.1, -0.05) is 19.4 Å². The third-order valence-electron chi connectivity index (χ3n) is 4.80. The molecule has 1 saturated heterocycles. The number of benzene rings is 1. The summed E-state index contributed by atoms with van der Waals surface area (Å²) < 4.78 is 14.2. The molecule has 5 heteroatoms. The Bertz CT molecular complexity index is 578. The molecule has 2 atom stereocenters. The first-order valence-electron chi connectivity index (χ1n) is 7.43. The van der Waals surface area contributed by atoms with Crippen molar-refractivity contribution in [3.8, 4) is 0 Å². The molecule has 1 aliphatic heterocycles. The lowest BCUT2D eigenvalue weighted by atomic mass is 10.00. The summed E-state index contributed by atoms with van der Waals surface area (Å²) in [6, 6.07) is 4.42. The molecule has 2 N–H and O–H groups in total. The molecule has 21 heavy (non-hydrogen) atoms. The first-order valence-corrected chi connectivity index (χ1v) is 7.43. The first kappa shape index (κ1) is 14.2. The first-order chi connectivity index (χ1) is 10.1. The fourth-order valence-corrected chi connectivity index (χ4v) is 3.56. The Morgan fingerprint density at radius 3 is 2.33 bits per heavy atom. The van der Waals surface area contributed by atoms with Crippen LogP contribution < -0.4 is 10.6 Å². The van der Waals surface area contributed by atoms with Gasteiger partial charge in [-0.3, -0.25) is 9.59 Å². The second-order valence-electron chi connectivity index (χ2n) is 5.96. The van der Waals surface area contributed by atoms with Gasteiger partial charge in [-0.15, -0.1) is 0 Å². The summed E-state index contributed by atoms with van der Waals surface area (Å²) in [5.41, 5.74) is 6.17. The van der Waals surface area contributed by atoms with Crippen molar-refractivity contribution in [1.29, 1.82) is 0 Å². The van der Waals surface area contributed by atoms with Crippen molar-refractivity contribution >= 4 is 17.5 Å². The van der Waals surface area contributed by atoms with E-state index < -0.39 is 5.82 Å². The lowest BCUT2D eigenvalue weighted by Crippen LogP contribution is -2.33. The summed E-state index contributed by atoms with van der Waals surface area (Å²) in [4.78, 5) is 26.0. The number of hydrogen-bond acceptors (Lipinski definition) is 3. The predicted octanol–water partition coefficient (Wildman–Crippen LogP) is 2.21. The minimum atomic E-state index is -0.563. The van der Waals surface area contributed by atoms with E-state index in [9.17, 15) is 14.0 Å². The van der Waals surface area contributed by atoms with Crippen molar-refractivity contribution in [2.75, 3.05) is 4.90 Å². The molecular formula is C16H19FN2O2. The molecule has 1 heterocycles. The Kier molecular flexibility index (Phi) is 3.53. The van der Waals surface area contributed by atoms with Crippen molar-refractivity contribution in [3.05, 3.63) is 29.6 Å². The molecule has 0 bridgehead atoms. The quantitative estimate of drug-likeness (QED) is 0.868. The molecule has 2 unspecified atom stereocenters. The summed E-state index contributed by atoms with van der Waals surface area (Å²) in [5.74, 6) is -1.17. The van der Waals surface area contributed by atoms with E-state index in [4.69, 9.17) is 5.73 Å². The molecule has 0 spiro atoms. The minimum Gasteiger partial charge on any atom is -0.326 e. The lowest BCUT2D eigenvalue weighted by Gasteiger charge is -2.18. The number of imide groups is 1. The van der Waals surface area contributed by atoms with Crippen LogP contribution in [-0.4, -0.2) is 11.8 Å². The van der Waals surface area contributed by atoms with E-state index in [0.717, 1.165) is 24.2 Å². The van der Waals surface area contributed by atoms with Crippen LogP contribution in [0.2, 0.25) is 0 Å². The maximum atomic E-state index is 14.2. The number of fused-ring (bicyclic) bond motifs is 1. The fraction of sp³-hybridized carbons (Fsp3) is 0.500. The van der Waals surface area contributed by atoms with E-state index in [1.807, 2.05) is 0 Å². The van der Waals surface area contributed by atoms with Crippen LogP contribution in [0.15, 0.2) is 18.2 Å². The number of hydrogen-bond donors (Lipinski definition) is 1. The molecule has 2 fully saturated rings. The summed E-state index contributed by atoms with van der Waals surface area (Å²) in [7, 11) is 0. The largest absolute Gasteiger partial charge is 0.326 e. The van der Waals surface area contributed by atoms with Crippen molar-refractivity contribution in [3.63, 3.8) is 0 Å². The molecule has 0 radical (unpaired) electrons. The van der Waals surface area contributed by atoms with Gasteiger partial charge in [0, 0.05) is 6.54 Å². The van der Waals surface area contributed by atoms with Crippen LogP contribution in [0.3, 0.4) is 0 Å². The van der Waals surface area contributed by atoms with Crippen LogP contribution >= 0.6 is 0 Å². The molecule has 1 saturated carbocycles. The molecule has 1 aromatic carbocycles. The smallest absolute Gasteiger partial charge is 0.237 e. The highest BCUT2D eigenvalue weighted by atomic mass is 19.1. The van der Waals surface area contributed by atoms with Gasteiger partial charge in [0.15, 0.2) is 0 Å². The maximum Gasteiger partial charge on any atom is 0.237 e. The Morgan fingerprint density at radius 2 is 1.86 bits per heavy atom. The number of nitrogens with zero attached hydrogens (tertiary/aromatic N) is 1. The average molecular weight is 290 g/mol. The molecular weight excluding hydrogens is 271 g/mol. The zero-order valence-corrected chi connectivity index (χ0v) is 12.0. The number of anilines is 1. The van der Waals surface area contributed by atoms with Crippen LogP contribution in [0.4, 0.5) is 10.1 Å². The molecule has 0 aromatic heterocycles. The number of carbonyl (C=O) groups excluding carboxylic acids is 2. The zero-order valence-electron chi connectivity index (χ0n) is 12.0. The highest BCUT2D eigenvalue weighted by Crippen LogP contribution is 2.45. The summed E-state index contributed by atoms with van der Waals surface area (Å²) in [6.07, 6.45) is 2.46. The average Bonchev–Trinajstić information content (AvgIpc) is 3.00. The van der Waals surface area contributed by atoms with Crippen LogP contribution in [0, 0.1) is 23.6 Å². The molecule has 112 valence electrons. The van der Waals surface area contributed by atoms with Crippen molar-refractivity contribution in [1.82, 2.24) is 0 Å². The topological polar surface area (TPSA) is 63.4 Å². The third kappa shape index (κ3) is 2.16. The monoisotopic (exact) mass is 290 g/mol. The second-order valence-corrected chi connectivity index (χ2v) is 5.96. The van der Waals surface area contributed by atoms with Gasteiger partial charge in [0.05, 0.1) is 17.5 Å². The third-order valence-corrected chi connectivity index (χ3v) is 4.80. The molecule has 2 amide bonds. The number of amides is 2. The fourth-order valence-electron chi connectivity index (χ4n) is 3.56.